The number of carbonyl (C=O) groups excluding carboxylic acids is 1. The molecule has 25 heavy (non-hydrogen) atoms. The van der Waals surface area contributed by atoms with Gasteiger partial charge in [-0.05, 0) is 37.1 Å². The van der Waals surface area contributed by atoms with E-state index in [0.29, 0.717) is 11.3 Å². The van der Waals surface area contributed by atoms with Gasteiger partial charge >= 0.3 is 0 Å². The number of carbonyl (C=O) groups is 1. The fourth-order valence-corrected chi connectivity index (χ4v) is 2.96. The molecule has 1 amide bonds. The summed E-state index contributed by atoms with van der Waals surface area (Å²) in [5.74, 6) is 0.769. The van der Waals surface area contributed by atoms with Gasteiger partial charge in [0.05, 0.1) is 29.3 Å². The summed E-state index contributed by atoms with van der Waals surface area (Å²) in [6.07, 6.45) is 7.41. The summed E-state index contributed by atoms with van der Waals surface area (Å²) < 4.78 is 1.68. The smallest absolute Gasteiger partial charge is 0.258 e. The first kappa shape index (κ1) is 15.4. The summed E-state index contributed by atoms with van der Waals surface area (Å²) >= 11 is 0. The molecule has 2 aromatic heterocycles. The molecule has 0 unspecified atom stereocenters. The Labute approximate surface area is 146 Å². The van der Waals surface area contributed by atoms with Crippen molar-refractivity contribution in [1.82, 2.24) is 14.8 Å². The maximum absolute atomic E-state index is 12.4. The van der Waals surface area contributed by atoms with E-state index >= 15 is 0 Å². The third-order valence-electron chi connectivity index (χ3n) is 4.30. The normalized spacial score (nSPS) is 13.8. The van der Waals surface area contributed by atoms with Crippen LogP contribution in [-0.2, 0) is 0 Å². The summed E-state index contributed by atoms with van der Waals surface area (Å²) in [6, 6.07) is 13.5. The van der Waals surface area contributed by atoms with Crippen LogP contribution in [0.2, 0.25) is 0 Å². The highest BCUT2D eigenvalue weighted by molar-refractivity contribution is 6.03. The van der Waals surface area contributed by atoms with Gasteiger partial charge in [-0.25, -0.2) is 9.67 Å². The molecule has 6 nitrogen and oxygen atoms in total. The lowest BCUT2D eigenvalue weighted by atomic mass is 10.3. The first-order valence-electron chi connectivity index (χ1n) is 8.42. The molecule has 0 aliphatic carbocycles. The third-order valence-corrected chi connectivity index (χ3v) is 4.30. The average Bonchev–Trinajstić information content (AvgIpc) is 3.35. The molecule has 1 fully saturated rings. The standard InChI is InChI=1S/C19H19N5O/c25-19(15-12-21-24(14-15)17-6-2-1-3-7-17)22-16-8-9-18(20-13-16)23-10-4-5-11-23/h1-3,6-9,12-14H,4-5,10-11H2,(H,22,25). The maximum Gasteiger partial charge on any atom is 0.258 e. The second-order valence-electron chi connectivity index (χ2n) is 6.06. The van der Waals surface area contributed by atoms with E-state index in [1.54, 1.807) is 23.3 Å². The van der Waals surface area contributed by atoms with Crippen LogP contribution in [0, 0.1) is 0 Å². The second kappa shape index (κ2) is 6.76. The van der Waals surface area contributed by atoms with Crippen LogP contribution in [0.15, 0.2) is 61.1 Å². The molecule has 4 rings (SSSR count). The van der Waals surface area contributed by atoms with Crippen LogP contribution >= 0.6 is 0 Å². The zero-order valence-corrected chi connectivity index (χ0v) is 13.8. The van der Waals surface area contributed by atoms with Gasteiger partial charge in [-0.15, -0.1) is 0 Å². The van der Waals surface area contributed by atoms with Gasteiger partial charge in [-0.2, -0.15) is 5.10 Å². The van der Waals surface area contributed by atoms with Gasteiger partial charge in [0.25, 0.3) is 5.91 Å². The Balaban J connectivity index is 1.44. The minimum atomic E-state index is -0.196. The Kier molecular flexibility index (Phi) is 4.16. The van der Waals surface area contributed by atoms with E-state index in [1.165, 1.54) is 12.8 Å². The van der Waals surface area contributed by atoms with Crippen LogP contribution in [-0.4, -0.2) is 33.8 Å². The lowest BCUT2D eigenvalue weighted by Crippen LogP contribution is -2.19. The number of pyridine rings is 1. The van der Waals surface area contributed by atoms with Crippen molar-refractivity contribution in [2.45, 2.75) is 12.8 Å². The molecule has 0 atom stereocenters. The van der Waals surface area contributed by atoms with E-state index < -0.39 is 0 Å². The van der Waals surface area contributed by atoms with Gasteiger partial charge in [0.1, 0.15) is 5.82 Å². The van der Waals surface area contributed by atoms with E-state index in [1.807, 2.05) is 42.5 Å². The predicted octanol–water partition coefficient (Wildman–Crippen LogP) is 3.12. The molecular formula is C19H19N5O. The third kappa shape index (κ3) is 3.38. The number of benzene rings is 1. The fraction of sp³-hybridized carbons (Fsp3) is 0.211. The van der Waals surface area contributed by atoms with E-state index in [4.69, 9.17) is 0 Å². The predicted molar refractivity (Wildman–Crippen MR) is 97.2 cm³/mol. The molecule has 0 spiro atoms. The SMILES string of the molecule is O=C(Nc1ccc(N2CCCC2)nc1)c1cnn(-c2ccccc2)c1. The maximum atomic E-state index is 12.4. The van der Waals surface area contributed by atoms with Crippen LogP contribution in [0.25, 0.3) is 5.69 Å². The number of anilines is 2. The minimum absolute atomic E-state index is 0.196. The zero-order valence-electron chi connectivity index (χ0n) is 13.8. The van der Waals surface area contributed by atoms with Crippen molar-refractivity contribution in [3.05, 3.63) is 66.6 Å². The largest absolute Gasteiger partial charge is 0.357 e. The Morgan fingerprint density at radius 1 is 1.00 bits per heavy atom. The molecule has 3 heterocycles. The lowest BCUT2D eigenvalue weighted by molar-refractivity contribution is 0.102. The number of aromatic nitrogens is 3. The number of para-hydroxylation sites is 1. The molecule has 0 saturated carbocycles. The Morgan fingerprint density at radius 2 is 1.80 bits per heavy atom. The molecule has 1 N–H and O–H groups in total. The van der Waals surface area contributed by atoms with Crippen molar-refractivity contribution in [2.24, 2.45) is 0 Å². The number of rotatable bonds is 4. The van der Waals surface area contributed by atoms with Crippen molar-refractivity contribution < 1.29 is 4.79 Å². The number of hydrogen-bond donors (Lipinski definition) is 1. The zero-order chi connectivity index (χ0) is 17.1. The highest BCUT2D eigenvalue weighted by Crippen LogP contribution is 2.19. The first-order chi connectivity index (χ1) is 12.3. The molecule has 3 aromatic rings. The molecule has 1 aliphatic rings. The van der Waals surface area contributed by atoms with Crippen molar-refractivity contribution in [1.29, 1.82) is 0 Å². The fourth-order valence-electron chi connectivity index (χ4n) is 2.96. The van der Waals surface area contributed by atoms with Gasteiger partial charge < -0.3 is 10.2 Å². The lowest BCUT2D eigenvalue weighted by Gasteiger charge is -2.16. The Hall–Kier alpha value is -3.15. The van der Waals surface area contributed by atoms with E-state index in [2.05, 4.69) is 20.3 Å². The molecule has 0 radical (unpaired) electrons. The highest BCUT2D eigenvalue weighted by atomic mass is 16.1. The molecule has 0 bridgehead atoms. The van der Waals surface area contributed by atoms with Gasteiger partial charge in [-0.1, -0.05) is 18.2 Å². The number of nitrogens with zero attached hydrogens (tertiary/aromatic N) is 4. The van der Waals surface area contributed by atoms with Crippen molar-refractivity contribution >= 4 is 17.4 Å². The molecule has 1 saturated heterocycles. The van der Waals surface area contributed by atoms with Crippen LogP contribution in [0.1, 0.15) is 23.2 Å². The van der Waals surface area contributed by atoms with Crippen LogP contribution in [0.3, 0.4) is 0 Å². The molecule has 1 aromatic carbocycles. The van der Waals surface area contributed by atoms with Gasteiger partial charge in [0.2, 0.25) is 0 Å². The Bertz CT molecular complexity index is 851. The summed E-state index contributed by atoms with van der Waals surface area (Å²) in [7, 11) is 0. The number of nitrogens with one attached hydrogen (secondary N) is 1. The Morgan fingerprint density at radius 3 is 2.52 bits per heavy atom. The van der Waals surface area contributed by atoms with Crippen molar-refractivity contribution in [3.63, 3.8) is 0 Å². The van der Waals surface area contributed by atoms with E-state index in [9.17, 15) is 4.79 Å². The first-order valence-corrected chi connectivity index (χ1v) is 8.42. The monoisotopic (exact) mass is 333 g/mol. The molecule has 1 aliphatic heterocycles. The molecular weight excluding hydrogens is 314 g/mol. The summed E-state index contributed by atoms with van der Waals surface area (Å²) in [4.78, 5) is 19.1. The van der Waals surface area contributed by atoms with Crippen LogP contribution in [0.5, 0.6) is 0 Å². The molecule has 6 heteroatoms. The van der Waals surface area contributed by atoms with Crippen LogP contribution in [0.4, 0.5) is 11.5 Å². The van der Waals surface area contributed by atoms with Crippen molar-refractivity contribution in [3.8, 4) is 5.69 Å². The highest BCUT2D eigenvalue weighted by Gasteiger charge is 2.14. The molecule has 126 valence electrons. The van der Waals surface area contributed by atoms with E-state index in [-0.39, 0.29) is 5.91 Å². The van der Waals surface area contributed by atoms with E-state index in [0.717, 1.165) is 24.6 Å². The summed E-state index contributed by atoms with van der Waals surface area (Å²) in [6.45, 7) is 2.11. The number of amides is 1. The van der Waals surface area contributed by atoms with Gasteiger partial charge in [0.15, 0.2) is 0 Å². The second-order valence-corrected chi connectivity index (χ2v) is 6.06. The average molecular weight is 333 g/mol. The minimum Gasteiger partial charge on any atom is -0.357 e. The van der Waals surface area contributed by atoms with Crippen molar-refractivity contribution in [2.75, 3.05) is 23.3 Å². The quantitative estimate of drug-likeness (QED) is 0.797. The summed E-state index contributed by atoms with van der Waals surface area (Å²) in [5, 5.41) is 7.12. The van der Waals surface area contributed by atoms with Gasteiger partial charge in [0, 0.05) is 19.3 Å². The summed E-state index contributed by atoms with van der Waals surface area (Å²) in [5.41, 5.74) is 2.10. The van der Waals surface area contributed by atoms with Crippen LogP contribution < -0.4 is 10.2 Å². The van der Waals surface area contributed by atoms with Gasteiger partial charge in [-0.3, -0.25) is 4.79 Å². The topological polar surface area (TPSA) is 63.1 Å². The number of hydrogen-bond acceptors (Lipinski definition) is 4.